The van der Waals surface area contributed by atoms with E-state index >= 15 is 0 Å². The number of nitrogens with zero attached hydrogens (tertiary/aromatic N) is 1. The van der Waals surface area contributed by atoms with Gasteiger partial charge in [-0.05, 0) is 18.6 Å². The van der Waals surface area contributed by atoms with Crippen LogP contribution < -0.4 is 0 Å². The van der Waals surface area contributed by atoms with Crippen LogP contribution in [0.15, 0.2) is 6.07 Å². The first kappa shape index (κ1) is 15.3. The van der Waals surface area contributed by atoms with Crippen molar-refractivity contribution >= 4 is 33.5 Å². The van der Waals surface area contributed by atoms with Gasteiger partial charge in [-0.1, -0.05) is 27.5 Å². The summed E-state index contributed by atoms with van der Waals surface area (Å²) in [5, 5.41) is 0.217. The quantitative estimate of drug-likeness (QED) is 0.465. The number of hydrogen-bond donors (Lipinski definition) is 0. The molecule has 1 aromatic heterocycles. The summed E-state index contributed by atoms with van der Waals surface area (Å²) in [6.07, 6.45) is -2.95. The lowest BCUT2D eigenvalue weighted by atomic mass is 10.0. The van der Waals surface area contributed by atoms with Crippen LogP contribution in [0.5, 0.6) is 0 Å². The summed E-state index contributed by atoms with van der Waals surface area (Å²) in [7, 11) is 0. The summed E-state index contributed by atoms with van der Waals surface area (Å²) in [6, 6.07) is 1.08. The predicted octanol–water partition coefficient (Wildman–Crippen LogP) is 3.67. The first-order valence-electron chi connectivity index (χ1n) is 5.17. The number of pyridine rings is 1. The summed E-state index contributed by atoms with van der Waals surface area (Å²) in [5.41, 5.74) is 0.216. The molecule has 0 fully saturated rings. The van der Waals surface area contributed by atoms with Crippen LogP contribution >= 0.6 is 27.5 Å². The smallest absolute Gasteiger partial charge is 0.310 e. The zero-order valence-corrected chi connectivity index (χ0v) is 11.9. The number of halogens is 4. The lowest BCUT2D eigenvalue weighted by molar-refractivity contribution is -0.142. The molecule has 0 aliphatic rings. The van der Waals surface area contributed by atoms with E-state index in [1.54, 1.807) is 6.92 Å². The Balaban J connectivity index is 3.16. The number of carbonyl (C=O) groups excluding carboxylic acids is 1. The number of rotatable bonds is 5. The SMILES string of the molecule is CCOC(=O)Cc1c(C(F)F)cc(Cl)nc1CBr. The number of ether oxygens (including phenoxy) is 1. The molecule has 0 aliphatic carbocycles. The van der Waals surface area contributed by atoms with E-state index in [4.69, 9.17) is 16.3 Å². The average molecular weight is 343 g/mol. The lowest BCUT2D eigenvalue weighted by Crippen LogP contribution is -2.12. The molecule has 1 heterocycles. The Labute approximate surface area is 117 Å². The molecule has 0 aromatic carbocycles. The van der Waals surface area contributed by atoms with Crippen molar-refractivity contribution < 1.29 is 18.3 Å². The highest BCUT2D eigenvalue weighted by atomic mass is 79.9. The predicted molar refractivity (Wildman–Crippen MR) is 67.2 cm³/mol. The molecular formula is C11H11BrClF2NO2. The topological polar surface area (TPSA) is 39.2 Å². The van der Waals surface area contributed by atoms with Gasteiger partial charge in [-0.3, -0.25) is 4.79 Å². The molecule has 0 radical (unpaired) electrons. The van der Waals surface area contributed by atoms with Crippen molar-refractivity contribution in [2.75, 3.05) is 6.61 Å². The molecule has 0 N–H and O–H groups in total. The van der Waals surface area contributed by atoms with Gasteiger partial charge in [0, 0.05) is 10.9 Å². The van der Waals surface area contributed by atoms with Gasteiger partial charge < -0.3 is 4.74 Å². The highest BCUT2D eigenvalue weighted by Gasteiger charge is 2.21. The highest BCUT2D eigenvalue weighted by molar-refractivity contribution is 9.08. The van der Waals surface area contributed by atoms with Crippen LogP contribution in [0, 0.1) is 0 Å². The van der Waals surface area contributed by atoms with Crippen LogP contribution in [0.25, 0.3) is 0 Å². The average Bonchev–Trinajstić information content (AvgIpc) is 2.30. The first-order chi connectivity index (χ1) is 8.49. The van der Waals surface area contributed by atoms with Crippen molar-refractivity contribution in [1.82, 2.24) is 4.98 Å². The van der Waals surface area contributed by atoms with Crippen molar-refractivity contribution in [1.29, 1.82) is 0 Å². The maximum absolute atomic E-state index is 12.9. The third-order valence-corrected chi connectivity index (χ3v) is 2.93. The van der Waals surface area contributed by atoms with Crippen molar-refractivity contribution in [3.63, 3.8) is 0 Å². The molecule has 0 aliphatic heterocycles. The molecule has 18 heavy (non-hydrogen) atoms. The first-order valence-corrected chi connectivity index (χ1v) is 6.67. The van der Waals surface area contributed by atoms with Crippen LogP contribution in [0.1, 0.15) is 30.2 Å². The van der Waals surface area contributed by atoms with Gasteiger partial charge >= 0.3 is 5.97 Å². The normalized spacial score (nSPS) is 10.8. The van der Waals surface area contributed by atoms with E-state index in [2.05, 4.69) is 20.9 Å². The molecule has 1 rings (SSSR count). The number of carbonyl (C=O) groups is 1. The van der Waals surface area contributed by atoms with Gasteiger partial charge in [0.2, 0.25) is 0 Å². The fourth-order valence-corrected chi connectivity index (χ4v) is 2.16. The molecule has 3 nitrogen and oxygen atoms in total. The second-order valence-corrected chi connectivity index (χ2v) is 4.32. The van der Waals surface area contributed by atoms with E-state index in [0.717, 1.165) is 6.07 Å². The van der Waals surface area contributed by atoms with Crippen LogP contribution in [0.4, 0.5) is 8.78 Å². The fraction of sp³-hybridized carbons (Fsp3) is 0.455. The number of aromatic nitrogens is 1. The van der Waals surface area contributed by atoms with E-state index < -0.39 is 12.4 Å². The Bertz CT molecular complexity index is 443. The van der Waals surface area contributed by atoms with E-state index in [1.165, 1.54) is 0 Å². The summed E-state index contributed by atoms with van der Waals surface area (Å²) in [4.78, 5) is 15.3. The largest absolute Gasteiger partial charge is 0.466 e. The fourth-order valence-electron chi connectivity index (χ4n) is 1.48. The minimum atomic E-state index is -2.72. The maximum atomic E-state index is 12.9. The molecular weight excluding hydrogens is 331 g/mol. The molecule has 1 aromatic rings. The van der Waals surface area contributed by atoms with Crippen LogP contribution in [-0.2, 0) is 21.3 Å². The third-order valence-electron chi connectivity index (χ3n) is 2.20. The van der Waals surface area contributed by atoms with E-state index in [0.29, 0.717) is 5.69 Å². The Morgan fingerprint density at radius 2 is 2.28 bits per heavy atom. The molecule has 0 atom stereocenters. The van der Waals surface area contributed by atoms with Crippen molar-refractivity contribution in [2.24, 2.45) is 0 Å². The zero-order chi connectivity index (χ0) is 13.7. The summed E-state index contributed by atoms with van der Waals surface area (Å²) in [6.45, 7) is 1.85. The van der Waals surface area contributed by atoms with Crippen LogP contribution in [-0.4, -0.2) is 17.6 Å². The van der Waals surface area contributed by atoms with Crippen molar-refractivity contribution in [3.05, 3.63) is 28.0 Å². The van der Waals surface area contributed by atoms with Crippen LogP contribution in [0.3, 0.4) is 0 Å². The number of esters is 1. The summed E-state index contributed by atoms with van der Waals surface area (Å²) < 4.78 is 30.6. The Kier molecular flexibility index (Phi) is 5.95. The van der Waals surface area contributed by atoms with Crippen molar-refractivity contribution in [3.8, 4) is 0 Å². The monoisotopic (exact) mass is 341 g/mol. The van der Waals surface area contributed by atoms with Gasteiger partial charge in [-0.25, -0.2) is 13.8 Å². The van der Waals surface area contributed by atoms with Crippen molar-refractivity contribution in [2.45, 2.75) is 25.1 Å². The Morgan fingerprint density at radius 1 is 1.61 bits per heavy atom. The molecule has 100 valence electrons. The minimum Gasteiger partial charge on any atom is -0.466 e. The summed E-state index contributed by atoms with van der Waals surface area (Å²) >= 11 is 8.80. The van der Waals surface area contributed by atoms with Gasteiger partial charge in [0.25, 0.3) is 6.43 Å². The third kappa shape index (κ3) is 3.88. The van der Waals surface area contributed by atoms with Gasteiger partial charge in [0.05, 0.1) is 18.7 Å². The van der Waals surface area contributed by atoms with Crippen LogP contribution in [0.2, 0.25) is 5.15 Å². The molecule has 0 unspecified atom stereocenters. The van der Waals surface area contributed by atoms with Gasteiger partial charge in [-0.2, -0.15) is 0 Å². The number of alkyl halides is 3. The van der Waals surface area contributed by atoms with E-state index in [-0.39, 0.29) is 34.6 Å². The Hall–Kier alpha value is -0.750. The second kappa shape index (κ2) is 6.99. The van der Waals surface area contributed by atoms with Gasteiger partial charge in [-0.15, -0.1) is 0 Å². The molecule has 0 bridgehead atoms. The summed E-state index contributed by atoms with van der Waals surface area (Å²) in [5.74, 6) is -0.564. The Morgan fingerprint density at radius 3 is 2.78 bits per heavy atom. The molecule has 0 saturated heterocycles. The highest BCUT2D eigenvalue weighted by Crippen LogP contribution is 2.29. The maximum Gasteiger partial charge on any atom is 0.310 e. The zero-order valence-electron chi connectivity index (χ0n) is 9.55. The molecule has 0 amide bonds. The lowest BCUT2D eigenvalue weighted by Gasteiger charge is -2.12. The van der Waals surface area contributed by atoms with E-state index in [1.807, 2.05) is 0 Å². The number of hydrogen-bond acceptors (Lipinski definition) is 3. The van der Waals surface area contributed by atoms with Gasteiger partial charge in [0.15, 0.2) is 0 Å². The second-order valence-electron chi connectivity index (χ2n) is 3.38. The van der Waals surface area contributed by atoms with Gasteiger partial charge in [0.1, 0.15) is 5.15 Å². The molecule has 7 heteroatoms. The standard InChI is InChI=1S/C11H11BrClF2NO2/c1-2-18-10(17)4-6-7(11(14)15)3-9(13)16-8(6)5-12/h3,11H,2,4-5H2,1H3. The molecule has 0 saturated carbocycles. The molecule has 0 spiro atoms. The van der Waals surface area contributed by atoms with E-state index in [9.17, 15) is 13.6 Å². The minimum absolute atomic E-state index is 0.0210.